The molecule has 1 aliphatic rings. The van der Waals surface area contributed by atoms with Crippen molar-refractivity contribution in [3.8, 4) is 5.75 Å². The van der Waals surface area contributed by atoms with Gasteiger partial charge in [0, 0.05) is 5.56 Å². The third-order valence-corrected chi connectivity index (χ3v) is 3.53. The van der Waals surface area contributed by atoms with Gasteiger partial charge in [0.25, 0.3) is 0 Å². The van der Waals surface area contributed by atoms with Crippen LogP contribution in [0.4, 0.5) is 0 Å². The van der Waals surface area contributed by atoms with Gasteiger partial charge in [-0.2, -0.15) is 0 Å². The summed E-state index contributed by atoms with van der Waals surface area (Å²) in [5.41, 5.74) is 0.198. The van der Waals surface area contributed by atoms with Crippen LogP contribution in [0, 0.1) is 0 Å². The van der Waals surface area contributed by atoms with E-state index in [1.807, 2.05) is 24.3 Å². The van der Waals surface area contributed by atoms with Crippen molar-refractivity contribution in [2.45, 2.75) is 31.2 Å². The van der Waals surface area contributed by atoms with Crippen LogP contribution >= 0.6 is 0 Å². The zero-order chi connectivity index (χ0) is 14.0. The second kappa shape index (κ2) is 4.91. The number of amides is 1. The SMILES string of the molecule is COc1ccccc1C1(C(=O)N[C@H](C)C(=O)O)CC1. The normalized spacial score (nSPS) is 17.4. The van der Waals surface area contributed by atoms with E-state index < -0.39 is 17.4 Å². The Morgan fingerprint density at radius 1 is 1.37 bits per heavy atom. The first kappa shape index (κ1) is 13.4. The fraction of sp³-hybridized carbons (Fsp3) is 0.429. The number of para-hydroxylation sites is 1. The molecular formula is C14H17NO4. The standard InChI is InChI=1S/C14H17NO4/c1-9(12(16)17)15-13(18)14(7-8-14)10-5-3-4-6-11(10)19-2/h3-6,9H,7-8H2,1-2H3,(H,15,18)(H,16,17)/t9-/m1/s1. The van der Waals surface area contributed by atoms with Gasteiger partial charge in [-0.3, -0.25) is 9.59 Å². The van der Waals surface area contributed by atoms with E-state index in [0.717, 1.165) is 5.56 Å². The third kappa shape index (κ3) is 2.41. The summed E-state index contributed by atoms with van der Waals surface area (Å²) in [6, 6.07) is 6.47. The van der Waals surface area contributed by atoms with E-state index in [9.17, 15) is 9.59 Å². The average molecular weight is 263 g/mol. The number of aliphatic carboxylic acids is 1. The predicted octanol–water partition coefficient (Wildman–Crippen LogP) is 1.32. The van der Waals surface area contributed by atoms with Crippen LogP contribution in [-0.4, -0.2) is 30.1 Å². The van der Waals surface area contributed by atoms with Crippen molar-refractivity contribution in [2.24, 2.45) is 0 Å². The molecule has 1 aromatic carbocycles. The quantitative estimate of drug-likeness (QED) is 0.840. The van der Waals surface area contributed by atoms with Gasteiger partial charge in [0.05, 0.1) is 12.5 Å². The van der Waals surface area contributed by atoms with Crippen molar-refractivity contribution in [2.75, 3.05) is 7.11 Å². The zero-order valence-corrected chi connectivity index (χ0v) is 11.0. The molecule has 1 saturated carbocycles. The molecular weight excluding hydrogens is 246 g/mol. The molecule has 0 bridgehead atoms. The van der Waals surface area contributed by atoms with E-state index >= 15 is 0 Å². The molecule has 2 N–H and O–H groups in total. The minimum Gasteiger partial charge on any atom is -0.496 e. The number of carboxylic acids is 1. The van der Waals surface area contributed by atoms with E-state index in [2.05, 4.69) is 5.32 Å². The van der Waals surface area contributed by atoms with Gasteiger partial charge in [-0.1, -0.05) is 18.2 Å². The van der Waals surface area contributed by atoms with E-state index in [0.29, 0.717) is 18.6 Å². The van der Waals surface area contributed by atoms with Crippen LogP contribution in [0.1, 0.15) is 25.3 Å². The Bertz CT molecular complexity index is 508. The van der Waals surface area contributed by atoms with Crippen molar-refractivity contribution >= 4 is 11.9 Å². The van der Waals surface area contributed by atoms with Crippen LogP contribution in [0.2, 0.25) is 0 Å². The van der Waals surface area contributed by atoms with Crippen LogP contribution in [0.25, 0.3) is 0 Å². The summed E-state index contributed by atoms with van der Waals surface area (Å²) in [4.78, 5) is 23.1. The molecule has 0 heterocycles. The average Bonchev–Trinajstić information content (AvgIpc) is 3.19. The lowest BCUT2D eigenvalue weighted by molar-refractivity contribution is -0.141. The maximum atomic E-state index is 12.3. The number of carbonyl (C=O) groups is 2. The van der Waals surface area contributed by atoms with Crippen molar-refractivity contribution in [3.05, 3.63) is 29.8 Å². The highest BCUT2D eigenvalue weighted by Gasteiger charge is 2.53. The Balaban J connectivity index is 2.23. The van der Waals surface area contributed by atoms with Crippen molar-refractivity contribution < 1.29 is 19.4 Å². The van der Waals surface area contributed by atoms with Crippen LogP contribution in [-0.2, 0) is 15.0 Å². The monoisotopic (exact) mass is 263 g/mol. The smallest absolute Gasteiger partial charge is 0.325 e. The van der Waals surface area contributed by atoms with Gasteiger partial charge >= 0.3 is 5.97 Å². The van der Waals surface area contributed by atoms with Gasteiger partial charge in [0.15, 0.2) is 0 Å². The Morgan fingerprint density at radius 2 is 2.00 bits per heavy atom. The summed E-state index contributed by atoms with van der Waals surface area (Å²) in [7, 11) is 1.56. The van der Waals surface area contributed by atoms with Crippen molar-refractivity contribution in [3.63, 3.8) is 0 Å². The van der Waals surface area contributed by atoms with Gasteiger partial charge < -0.3 is 15.2 Å². The summed E-state index contributed by atoms with van der Waals surface area (Å²) in [6.45, 7) is 1.46. The number of nitrogens with one attached hydrogen (secondary N) is 1. The largest absolute Gasteiger partial charge is 0.496 e. The highest BCUT2D eigenvalue weighted by atomic mass is 16.5. The second-order valence-electron chi connectivity index (χ2n) is 4.82. The highest BCUT2D eigenvalue weighted by Crippen LogP contribution is 2.51. The lowest BCUT2D eigenvalue weighted by Crippen LogP contribution is -2.44. The summed E-state index contributed by atoms with van der Waals surface area (Å²) in [5, 5.41) is 11.4. The number of carboxylic acid groups (broad SMARTS) is 1. The lowest BCUT2D eigenvalue weighted by Gasteiger charge is -2.20. The maximum Gasteiger partial charge on any atom is 0.325 e. The summed E-state index contributed by atoms with van der Waals surface area (Å²) in [6.07, 6.45) is 1.43. The molecule has 0 aromatic heterocycles. The molecule has 2 rings (SSSR count). The first-order chi connectivity index (χ1) is 9.01. The fourth-order valence-electron chi connectivity index (χ4n) is 2.18. The highest BCUT2D eigenvalue weighted by molar-refractivity contribution is 5.94. The molecule has 1 fully saturated rings. The molecule has 1 atom stereocenters. The number of hydrogen-bond donors (Lipinski definition) is 2. The van der Waals surface area contributed by atoms with Crippen molar-refractivity contribution in [1.82, 2.24) is 5.32 Å². The van der Waals surface area contributed by atoms with E-state index in [-0.39, 0.29) is 5.91 Å². The number of carbonyl (C=O) groups excluding carboxylic acids is 1. The van der Waals surface area contributed by atoms with Crippen LogP contribution in [0.5, 0.6) is 5.75 Å². The molecule has 1 aromatic rings. The van der Waals surface area contributed by atoms with E-state index in [1.54, 1.807) is 7.11 Å². The first-order valence-electron chi connectivity index (χ1n) is 6.18. The van der Waals surface area contributed by atoms with Gasteiger partial charge in [-0.15, -0.1) is 0 Å². The molecule has 102 valence electrons. The minimum atomic E-state index is -1.04. The predicted molar refractivity (Wildman–Crippen MR) is 69.1 cm³/mol. The van der Waals surface area contributed by atoms with Crippen LogP contribution < -0.4 is 10.1 Å². The zero-order valence-electron chi connectivity index (χ0n) is 11.0. The first-order valence-corrected chi connectivity index (χ1v) is 6.18. The number of ether oxygens (including phenoxy) is 1. The maximum absolute atomic E-state index is 12.3. The topological polar surface area (TPSA) is 75.6 Å². The number of hydrogen-bond acceptors (Lipinski definition) is 3. The van der Waals surface area contributed by atoms with Gasteiger partial charge in [-0.05, 0) is 25.8 Å². The number of rotatable bonds is 5. The van der Waals surface area contributed by atoms with Crippen molar-refractivity contribution in [1.29, 1.82) is 0 Å². The van der Waals surface area contributed by atoms with Gasteiger partial charge in [0.2, 0.25) is 5.91 Å². The van der Waals surface area contributed by atoms with Crippen LogP contribution in [0.15, 0.2) is 24.3 Å². The fourth-order valence-corrected chi connectivity index (χ4v) is 2.18. The Labute approximate surface area is 111 Å². The molecule has 19 heavy (non-hydrogen) atoms. The molecule has 0 saturated heterocycles. The van der Waals surface area contributed by atoms with Gasteiger partial charge in [0.1, 0.15) is 11.8 Å². The minimum absolute atomic E-state index is 0.244. The summed E-state index contributed by atoms with van der Waals surface area (Å²) in [5.74, 6) is -0.616. The molecule has 1 amide bonds. The van der Waals surface area contributed by atoms with E-state index in [4.69, 9.17) is 9.84 Å². The Morgan fingerprint density at radius 3 is 2.53 bits per heavy atom. The van der Waals surface area contributed by atoms with E-state index in [1.165, 1.54) is 6.92 Å². The molecule has 5 heteroatoms. The number of methoxy groups -OCH3 is 1. The molecule has 5 nitrogen and oxygen atoms in total. The second-order valence-corrected chi connectivity index (χ2v) is 4.82. The lowest BCUT2D eigenvalue weighted by atomic mass is 9.93. The number of benzene rings is 1. The molecule has 1 aliphatic carbocycles. The third-order valence-electron chi connectivity index (χ3n) is 3.53. The van der Waals surface area contributed by atoms with Crippen LogP contribution in [0.3, 0.4) is 0 Å². The summed E-state index contributed by atoms with van der Waals surface area (Å²) < 4.78 is 5.28. The molecule has 0 radical (unpaired) electrons. The van der Waals surface area contributed by atoms with Gasteiger partial charge in [-0.25, -0.2) is 0 Å². The molecule has 0 unspecified atom stereocenters. The summed E-state index contributed by atoms with van der Waals surface area (Å²) >= 11 is 0. The Kier molecular flexibility index (Phi) is 3.46. The Hall–Kier alpha value is -2.04. The molecule has 0 spiro atoms. The molecule has 0 aliphatic heterocycles.